The van der Waals surface area contributed by atoms with Gasteiger partial charge in [-0.05, 0) is 30.7 Å². The van der Waals surface area contributed by atoms with E-state index in [4.69, 9.17) is 11.0 Å². The van der Waals surface area contributed by atoms with E-state index in [1.54, 1.807) is 10.7 Å². The van der Waals surface area contributed by atoms with Crippen molar-refractivity contribution in [3.8, 4) is 6.07 Å². The van der Waals surface area contributed by atoms with Gasteiger partial charge in [0.15, 0.2) is 0 Å². The second-order valence-corrected chi connectivity index (χ2v) is 4.18. The summed E-state index contributed by atoms with van der Waals surface area (Å²) in [5.74, 6) is 0. The fourth-order valence-electron chi connectivity index (χ4n) is 1.80. The van der Waals surface area contributed by atoms with Crippen LogP contribution in [0.5, 0.6) is 0 Å². The van der Waals surface area contributed by atoms with E-state index < -0.39 is 0 Å². The lowest BCUT2D eigenvalue weighted by Gasteiger charge is -2.08. The van der Waals surface area contributed by atoms with Crippen LogP contribution in [-0.2, 0) is 13.5 Å². The first-order valence-corrected chi connectivity index (χ1v) is 5.63. The van der Waals surface area contributed by atoms with Crippen molar-refractivity contribution in [2.45, 2.75) is 13.3 Å². The van der Waals surface area contributed by atoms with Crippen molar-refractivity contribution in [1.82, 2.24) is 9.78 Å². The van der Waals surface area contributed by atoms with Crippen LogP contribution in [-0.4, -0.2) is 9.78 Å². The molecular formula is C13H15N5. The van der Waals surface area contributed by atoms with Crippen molar-refractivity contribution in [2.24, 2.45) is 7.05 Å². The molecule has 1 aromatic carbocycles. The van der Waals surface area contributed by atoms with E-state index in [0.717, 1.165) is 22.6 Å². The highest BCUT2D eigenvalue weighted by atomic mass is 15.3. The topological polar surface area (TPSA) is 79.7 Å². The van der Waals surface area contributed by atoms with Crippen LogP contribution in [0.15, 0.2) is 24.4 Å². The average Bonchev–Trinajstić information content (AvgIpc) is 2.62. The first kappa shape index (κ1) is 12.0. The smallest absolute Gasteiger partial charge is 0.0828 e. The molecule has 2 rings (SSSR count). The Labute approximate surface area is 106 Å². The number of aryl methyl sites for hydroxylation is 2. The Morgan fingerprint density at radius 2 is 2.28 bits per heavy atom. The highest BCUT2D eigenvalue weighted by Gasteiger charge is 2.05. The number of aromatic nitrogens is 2. The predicted molar refractivity (Wildman–Crippen MR) is 71.4 cm³/mol. The van der Waals surface area contributed by atoms with Gasteiger partial charge in [0.2, 0.25) is 0 Å². The van der Waals surface area contributed by atoms with Gasteiger partial charge in [-0.2, -0.15) is 10.4 Å². The summed E-state index contributed by atoms with van der Waals surface area (Å²) in [5.41, 5.74) is 10.1. The molecule has 0 aliphatic heterocycles. The number of nitrogen functional groups attached to an aromatic ring is 1. The number of nitriles is 1. The van der Waals surface area contributed by atoms with Crippen molar-refractivity contribution >= 4 is 17.1 Å². The van der Waals surface area contributed by atoms with Crippen LogP contribution < -0.4 is 11.1 Å². The molecule has 0 radical (unpaired) electrons. The van der Waals surface area contributed by atoms with E-state index in [9.17, 15) is 0 Å². The van der Waals surface area contributed by atoms with Gasteiger partial charge in [-0.1, -0.05) is 0 Å². The maximum atomic E-state index is 8.73. The Bertz CT molecular complexity index is 606. The highest BCUT2D eigenvalue weighted by Crippen LogP contribution is 2.23. The number of hydrogen-bond donors (Lipinski definition) is 2. The summed E-state index contributed by atoms with van der Waals surface area (Å²) < 4.78 is 1.76. The van der Waals surface area contributed by atoms with Crippen molar-refractivity contribution in [3.05, 3.63) is 35.7 Å². The lowest BCUT2D eigenvalue weighted by Crippen LogP contribution is -1.97. The van der Waals surface area contributed by atoms with Crippen LogP contribution in [0.25, 0.3) is 0 Å². The zero-order valence-corrected chi connectivity index (χ0v) is 10.4. The summed E-state index contributed by atoms with van der Waals surface area (Å²) in [6.07, 6.45) is 2.23. The molecular weight excluding hydrogens is 226 g/mol. The Hall–Kier alpha value is -2.48. The third kappa shape index (κ3) is 2.43. The number of nitrogens with one attached hydrogen (secondary N) is 1. The lowest BCUT2D eigenvalue weighted by molar-refractivity contribution is 0.756. The SMILES string of the molecule is Cc1nn(C)cc1Nc1ccc(N)c(CC#N)c1. The molecule has 0 aliphatic rings. The van der Waals surface area contributed by atoms with Crippen LogP contribution in [0.4, 0.5) is 17.1 Å². The van der Waals surface area contributed by atoms with Crippen molar-refractivity contribution in [2.75, 3.05) is 11.1 Å². The minimum Gasteiger partial charge on any atom is -0.398 e. The average molecular weight is 241 g/mol. The van der Waals surface area contributed by atoms with E-state index in [1.807, 2.05) is 32.3 Å². The molecule has 0 aliphatic carbocycles. The van der Waals surface area contributed by atoms with Gasteiger partial charge in [-0.3, -0.25) is 4.68 Å². The molecule has 0 bridgehead atoms. The van der Waals surface area contributed by atoms with Gasteiger partial charge in [0, 0.05) is 24.6 Å². The third-order valence-corrected chi connectivity index (χ3v) is 2.70. The monoisotopic (exact) mass is 241 g/mol. The van der Waals surface area contributed by atoms with Crippen LogP contribution in [0, 0.1) is 18.3 Å². The predicted octanol–water partition coefficient (Wildman–Crippen LogP) is 2.12. The minimum atomic E-state index is 0.313. The fraction of sp³-hybridized carbons (Fsp3) is 0.231. The van der Waals surface area contributed by atoms with Crippen LogP contribution >= 0.6 is 0 Å². The van der Waals surface area contributed by atoms with Crippen molar-refractivity contribution in [3.63, 3.8) is 0 Å². The van der Waals surface area contributed by atoms with Crippen molar-refractivity contribution in [1.29, 1.82) is 5.26 Å². The third-order valence-electron chi connectivity index (χ3n) is 2.70. The molecule has 2 aromatic rings. The normalized spacial score (nSPS) is 10.1. The van der Waals surface area contributed by atoms with Gasteiger partial charge < -0.3 is 11.1 Å². The summed E-state index contributed by atoms with van der Waals surface area (Å²) in [4.78, 5) is 0. The van der Waals surface area contributed by atoms with Gasteiger partial charge in [-0.15, -0.1) is 0 Å². The Balaban J connectivity index is 2.27. The second kappa shape index (κ2) is 4.80. The molecule has 0 saturated heterocycles. The maximum absolute atomic E-state index is 8.73. The molecule has 0 saturated carbocycles. The first-order chi connectivity index (χ1) is 8.60. The zero-order valence-electron chi connectivity index (χ0n) is 10.4. The minimum absolute atomic E-state index is 0.313. The van der Waals surface area contributed by atoms with Crippen LogP contribution in [0.3, 0.4) is 0 Å². The number of nitrogens with zero attached hydrogens (tertiary/aromatic N) is 3. The molecule has 92 valence electrons. The zero-order chi connectivity index (χ0) is 13.1. The fourth-order valence-corrected chi connectivity index (χ4v) is 1.80. The van der Waals surface area contributed by atoms with E-state index in [1.165, 1.54) is 0 Å². The van der Waals surface area contributed by atoms with Gasteiger partial charge in [0.1, 0.15) is 0 Å². The molecule has 1 heterocycles. The van der Waals surface area contributed by atoms with E-state index in [0.29, 0.717) is 12.1 Å². The summed E-state index contributed by atoms with van der Waals surface area (Å²) in [7, 11) is 1.88. The molecule has 1 aromatic heterocycles. The lowest BCUT2D eigenvalue weighted by atomic mass is 10.1. The largest absolute Gasteiger partial charge is 0.398 e. The Kier molecular flexibility index (Phi) is 3.20. The van der Waals surface area contributed by atoms with Gasteiger partial charge in [0.05, 0.1) is 23.9 Å². The summed E-state index contributed by atoms with van der Waals surface area (Å²) in [6, 6.07) is 7.70. The summed E-state index contributed by atoms with van der Waals surface area (Å²) >= 11 is 0. The van der Waals surface area contributed by atoms with Crippen LogP contribution in [0.2, 0.25) is 0 Å². The van der Waals surface area contributed by atoms with E-state index in [-0.39, 0.29) is 0 Å². The molecule has 0 amide bonds. The van der Waals surface area contributed by atoms with Crippen LogP contribution in [0.1, 0.15) is 11.3 Å². The number of hydrogen-bond acceptors (Lipinski definition) is 4. The van der Waals surface area contributed by atoms with E-state index >= 15 is 0 Å². The number of rotatable bonds is 3. The molecule has 0 spiro atoms. The number of nitrogens with two attached hydrogens (primary N) is 1. The first-order valence-electron chi connectivity index (χ1n) is 5.63. The quantitative estimate of drug-likeness (QED) is 0.807. The summed E-state index contributed by atoms with van der Waals surface area (Å²) in [5, 5.41) is 16.3. The Morgan fingerprint density at radius 1 is 1.50 bits per heavy atom. The van der Waals surface area contributed by atoms with Crippen molar-refractivity contribution < 1.29 is 0 Å². The number of anilines is 3. The van der Waals surface area contributed by atoms with Gasteiger partial charge in [-0.25, -0.2) is 0 Å². The van der Waals surface area contributed by atoms with E-state index in [2.05, 4.69) is 16.5 Å². The molecule has 5 nitrogen and oxygen atoms in total. The Morgan fingerprint density at radius 3 is 2.89 bits per heavy atom. The molecule has 3 N–H and O–H groups in total. The van der Waals surface area contributed by atoms with Gasteiger partial charge >= 0.3 is 0 Å². The molecule has 0 atom stereocenters. The highest BCUT2D eigenvalue weighted by molar-refractivity contribution is 5.65. The second-order valence-electron chi connectivity index (χ2n) is 4.18. The number of benzene rings is 1. The standard InChI is InChI=1S/C13H15N5/c1-9-13(8-18(2)17-9)16-11-3-4-12(15)10(7-11)5-6-14/h3-4,7-8,16H,5,15H2,1-2H3. The molecule has 5 heteroatoms. The molecule has 0 unspecified atom stereocenters. The van der Waals surface area contributed by atoms with Gasteiger partial charge in [0.25, 0.3) is 0 Å². The maximum Gasteiger partial charge on any atom is 0.0828 e. The molecule has 0 fully saturated rings. The summed E-state index contributed by atoms with van der Waals surface area (Å²) in [6.45, 7) is 1.94. The molecule has 18 heavy (non-hydrogen) atoms.